The van der Waals surface area contributed by atoms with Crippen LogP contribution in [0.3, 0.4) is 0 Å². The van der Waals surface area contributed by atoms with Crippen molar-refractivity contribution >= 4 is 11.3 Å². The van der Waals surface area contributed by atoms with E-state index in [1.165, 1.54) is 4.88 Å². The van der Waals surface area contributed by atoms with Gasteiger partial charge in [-0.15, -0.1) is 11.3 Å². The smallest absolute Gasteiger partial charge is 0.161 e. The first-order chi connectivity index (χ1) is 10.2. The number of aryl methyl sites for hydroxylation is 1. The lowest BCUT2D eigenvalue weighted by atomic mass is 10.0. The maximum atomic E-state index is 10.3. The fourth-order valence-electron chi connectivity index (χ4n) is 2.18. The molecule has 0 fully saturated rings. The largest absolute Gasteiger partial charge is 0.490 e. The van der Waals surface area contributed by atoms with Gasteiger partial charge in [0.15, 0.2) is 11.5 Å². The van der Waals surface area contributed by atoms with Gasteiger partial charge in [-0.1, -0.05) is 12.1 Å². The number of hydrogen-bond acceptors (Lipinski definition) is 4. The van der Waals surface area contributed by atoms with Crippen molar-refractivity contribution < 1.29 is 14.6 Å². The molecule has 0 radical (unpaired) electrons. The van der Waals surface area contributed by atoms with E-state index in [0.717, 1.165) is 17.7 Å². The number of aliphatic hydroxyl groups is 1. The van der Waals surface area contributed by atoms with Crippen LogP contribution in [0.5, 0.6) is 11.5 Å². The third-order valence-corrected chi connectivity index (χ3v) is 4.13. The van der Waals surface area contributed by atoms with Crippen molar-refractivity contribution in [2.45, 2.75) is 32.8 Å². The summed E-state index contributed by atoms with van der Waals surface area (Å²) in [5, 5.41) is 12.4. The van der Waals surface area contributed by atoms with E-state index in [2.05, 4.69) is 11.4 Å². The molecule has 1 atom stereocenters. The summed E-state index contributed by atoms with van der Waals surface area (Å²) in [6.07, 6.45) is 1.11. The number of thiophene rings is 1. The van der Waals surface area contributed by atoms with Gasteiger partial charge in [0.05, 0.1) is 19.3 Å². The predicted octanol–water partition coefficient (Wildman–Crippen LogP) is 4.21. The molecule has 0 aliphatic heterocycles. The lowest BCUT2D eigenvalue weighted by Gasteiger charge is -2.15. The zero-order valence-electron chi connectivity index (χ0n) is 12.5. The van der Waals surface area contributed by atoms with E-state index in [4.69, 9.17) is 9.47 Å². The number of benzene rings is 1. The molecule has 0 aliphatic rings. The van der Waals surface area contributed by atoms with Gasteiger partial charge < -0.3 is 14.6 Å². The predicted molar refractivity (Wildman–Crippen MR) is 86.4 cm³/mol. The summed E-state index contributed by atoms with van der Waals surface area (Å²) in [7, 11) is 0. The Morgan fingerprint density at radius 1 is 1.10 bits per heavy atom. The number of ether oxygens (including phenoxy) is 2. The summed E-state index contributed by atoms with van der Waals surface area (Å²) in [4.78, 5) is 1.30. The molecule has 3 nitrogen and oxygen atoms in total. The molecule has 1 heterocycles. The van der Waals surface area contributed by atoms with Gasteiger partial charge in [-0.2, -0.15) is 0 Å². The maximum absolute atomic E-state index is 10.3. The third-order valence-electron chi connectivity index (χ3n) is 3.20. The van der Waals surface area contributed by atoms with Gasteiger partial charge in [-0.05, 0) is 55.8 Å². The fourth-order valence-corrected chi connectivity index (χ4v) is 2.90. The van der Waals surface area contributed by atoms with E-state index in [0.29, 0.717) is 25.4 Å². The number of aliphatic hydroxyl groups excluding tert-OH is 1. The molecule has 1 N–H and O–H groups in total. The van der Waals surface area contributed by atoms with E-state index in [1.807, 2.05) is 38.1 Å². The first-order valence-corrected chi connectivity index (χ1v) is 8.22. The quantitative estimate of drug-likeness (QED) is 0.794. The number of rotatable bonds is 8. The van der Waals surface area contributed by atoms with Gasteiger partial charge in [0, 0.05) is 4.88 Å². The van der Waals surface area contributed by atoms with E-state index in [-0.39, 0.29) is 0 Å². The summed E-state index contributed by atoms with van der Waals surface area (Å²) in [5.41, 5.74) is 0.874. The Labute approximate surface area is 130 Å². The van der Waals surface area contributed by atoms with Crippen molar-refractivity contribution in [3.63, 3.8) is 0 Å². The molecule has 2 rings (SSSR count). The normalized spacial score (nSPS) is 12.1. The highest BCUT2D eigenvalue weighted by Gasteiger charge is 2.12. The average Bonchev–Trinajstić information content (AvgIpc) is 3.00. The Bertz CT molecular complexity index is 537. The molecule has 0 amide bonds. The Balaban J connectivity index is 2.05. The standard InChI is InChI=1S/C17H22O3S/c1-3-19-16-10-7-13(12-17(16)20-4-2)15(18)9-8-14-6-5-11-21-14/h5-7,10-12,15,18H,3-4,8-9H2,1-2H3. The lowest BCUT2D eigenvalue weighted by Crippen LogP contribution is -2.03. The van der Waals surface area contributed by atoms with Gasteiger partial charge in [-0.3, -0.25) is 0 Å². The fraction of sp³-hybridized carbons (Fsp3) is 0.412. The van der Waals surface area contributed by atoms with Crippen LogP contribution in [-0.4, -0.2) is 18.3 Å². The topological polar surface area (TPSA) is 38.7 Å². The molecule has 0 saturated carbocycles. The molecule has 1 unspecified atom stereocenters. The molecule has 0 bridgehead atoms. The molecule has 114 valence electrons. The van der Waals surface area contributed by atoms with E-state index in [9.17, 15) is 5.11 Å². The Hall–Kier alpha value is -1.52. The van der Waals surface area contributed by atoms with Crippen molar-refractivity contribution in [1.29, 1.82) is 0 Å². The highest BCUT2D eigenvalue weighted by Crippen LogP contribution is 2.32. The molecule has 4 heteroatoms. The summed E-state index contributed by atoms with van der Waals surface area (Å²) in [5.74, 6) is 1.43. The zero-order chi connectivity index (χ0) is 15.1. The highest BCUT2D eigenvalue weighted by molar-refractivity contribution is 7.09. The van der Waals surface area contributed by atoms with Crippen molar-refractivity contribution in [2.24, 2.45) is 0 Å². The minimum atomic E-state index is -0.484. The summed E-state index contributed by atoms with van der Waals surface area (Å²) >= 11 is 1.72. The van der Waals surface area contributed by atoms with Crippen LogP contribution in [0.15, 0.2) is 35.7 Å². The van der Waals surface area contributed by atoms with Gasteiger partial charge in [0.25, 0.3) is 0 Å². The maximum Gasteiger partial charge on any atom is 0.161 e. The first kappa shape index (κ1) is 15.9. The lowest BCUT2D eigenvalue weighted by molar-refractivity contribution is 0.167. The Morgan fingerprint density at radius 3 is 2.52 bits per heavy atom. The molecule has 0 saturated heterocycles. The zero-order valence-corrected chi connectivity index (χ0v) is 13.4. The Kier molecular flexibility index (Phi) is 6.08. The van der Waals surface area contributed by atoms with Crippen LogP contribution in [0.4, 0.5) is 0 Å². The molecular weight excluding hydrogens is 284 g/mol. The SMILES string of the molecule is CCOc1ccc(C(O)CCc2cccs2)cc1OCC. The second-order valence-electron chi connectivity index (χ2n) is 4.71. The van der Waals surface area contributed by atoms with Crippen LogP contribution in [0.2, 0.25) is 0 Å². The van der Waals surface area contributed by atoms with Gasteiger partial charge >= 0.3 is 0 Å². The highest BCUT2D eigenvalue weighted by atomic mass is 32.1. The first-order valence-electron chi connectivity index (χ1n) is 7.34. The average molecular weight is 306 g/mol. The van der Waals surface area contributed by atoms with Crippen LogP contribution in [0, 0.1) is 0 Å². The van der Waals surface area contributed by atoms with Crippen LogP contribution >= 0.6 is 11.3 Å². The summed E-state index contributed by atoms with van der Waals surface area (Å²) in [6, 6.07) is 9.80. The molecule has 0 aliphatic carbocycles. The summed E-state index contributed by atoms with van der Waals surface area (Å²) < 4.78 is 11.1. The molecule has 0 spiro atoms. The van der Waals surface area contributed by atoms with E-state index >= 15 is 0 Å². The summed E-state index contributed by atoms with van der Waals surface area (Å²) in [6.45, 7) is 5.06. The van der Waals surface area contributed by atoms with Crippen LogP contribution in [-0.2, 0) is 6.42 Å². The molecular formula is C17H22O3S. The van der Waals surface area contributed by atoms with Crippen molar-refractivity contribution in [1.82, 2.24) is 0 Å². The van der Waals surface area contributed by atoms with E-state index in [1.54, 1.807) is 11.3 Å². The van der Waals surface area contributed by atoms with Crippen LogP contribution in [0.1, 0.15) is 36.8 Å². The second-order valence-corrected chi connectivity index (χ2v) is 5.74. The molecule has 2 aromatic rings. The van der Waals surface area contributed by atoms with Crippen molar-refractivity contribution in [2.75, 3.05) is 13.2 Å². The van der Waals surface area contributed by atoms with Gasteiger partial charge in [-0.25, -0.2) is 0 Å². The van der Waals surface area contributed by atoms with Crippen LogP contribution < -0.4 is 9.47 Å². The van der Waals surface area contributed by atoms with Crippen molar-refractivity contribution in [3.05, 3.63) is 46.2 Å². The van der Waals surface area contributed by atoms with E-state index < -0.39 is 6.10 Å². The van der Waals surface area contributed by atoms with Crippen LogP contribution in [0.25, 0.3) is 0 Å². The number of hydrogen-bond donors (Lipinski definition) is 1. The van der Waals surface area contributed by atoms with Gasteiger partial charge in [0.2, 0.25) is 0 Å². The minimum absolute atomic E-state index is 0.484. The molecule has 1 aromatic carbocycles. The van der Waals surface area contributed by atoms with Crippen molar-refractivity contribution in [3.8, 4) is 11.5 Å². The second kappa shape index (κ2) is 8.05. The monoisotopic (exact) mass is 306 g/mol. The molecule has 21 heavy (non-hydrogen) atoms. The third kappa shape index (κ3) is 4.48. The minimum Gasteiger partial charge on any atom is -0.490 e. The Morgan fingerprint density at radius 2 is 1.86 bits per heavy atom. The molecule has 1 aromatic heterocycles. The van der Waals surface area contributed by atoms with Gasteiger partial charge in [0.1, 0.15) is 0 Å².